The molecule has 1 aliphatic carbocycles. The Bertz CT molecular complexity index is 760. The minimum absolute atomic E-state index is 0.125. The maximum atomic E-state index is 12.8. The van der Waals surface area contributed by atoms with E-state index in [1.54, 1.807) is 0 Å². The highest BCUT2D eigenvalue weighted by Crippen LogP contribution is 2.33. The number of hydrogen-bond donors (Lipinski definition) is 1. The largest absolute Gasteiger partial charge is 0.475 e. The Kier molecular flexibility index (Phi) is 3.80. The van der Waals surface area contributed by atoms with E-state index in [0.717, 1.165) is 44.1 Å². The summed E-state index contributed by atoms with van der Waals surface area (Å²) in [5.41, 5.74) is 0.936. The monoisotopic (exact) mass is 306 g/mol. The molecule has 0 atom stereocenters. The van der Waals surface area contributed by atoms with Gasteiger partial charge in [-0.05, 0) is 37.7 Å². The van der Waals surface area contributed by atoms with Crippen LogP contribution >= 0.6 is 11.3 Å². The predicted octanol–water partition coefficient (Wildman–Crippen LogP) is 2.84. The molecule has 0 unspecified atom stereocenters. The SMILES string of the molecule is CCCCn1c(C(=O)O)nc2sc3c(c2c1=O)CCCC3. The summed E-state index contributed by atoms with van der Waals surface area (Å²) in [5, 5.41) is 10.00. The van der Waals surface area contributed by atoms with Gasteiger partial charge in [0.2, 0.25) is 5.82 Å². The number of carboxylic acid groups (broad SMARTS) is 1. The number of aromatic nitrogens is 2. The van der Waals surface area contributed by atoms with E-state index in [9.17, 15) is 14.7 Å². The number of rotatable bonds is 4. The number of aromatic carboxylic acids is 1. The summed E-state index contributed by atoms with van der Waals surface area (Å²) in [5.74, 6) is -1.25. The van der Waals surface area contributed by atoms with Crippen molar-refractivity contribution in [3.8, 4) is 0 Å². The third kappa shape index (κ3) is 2.37. The molecule has 6 heteroatoms. The Morgan fingerprint density at radius 2 is 2.14 bits per heavy atom. The molecule has 0 aromatic carbocycles. The van der Waals surface area contributed by atoms with Gasteiger partial charge in [-0.25, -0.2) is 9.78 Å². The van der Waals surface area contributed by atoms with E-state index in [1.807, 2.05) is 6.92 Å². The summed E-state index contributed by atoms with van der Waals surface area (Å²) in [6.07, 6.45) is 5.80. The lowest BCUT2D eigenvalue weighted by Crippen LogP contribution is -2.28. The maximum Gasteiger partial charge on any atom is 0.372 e. The summed E-state index contributed by atoms with van der Waals surface area (Å²) < 4.78 is 1.34. The maximum absolute atomic E-state index is 12.8. The molecular formula is C15H18N2O3S. The van der Waals surface area contributed by atoms with Crippen molar-refractivity contribution in [3.63, 3.8) is 0 Å². The van der Waals surface area contributed by atoms with Crippen LogP contribution in [0.15, 0.2) is 4.79 Å². The van der Waals surface area contributed by atoms with Crippen LogP contribution in [0.5, 0.6) is 0 Å². The van der Waals surface area contributed by atoms with Gasteiger partial charge in [0.25, 0.3) is 5.56 Å². The number of carboxylic acids is 1. The molecule has 0 saturated heterocycles. The highest BCUT2D eigenvalue weighted by atomic mass is 32.1. The Balaban J connectivity index is 2.27. The smallest absolute Gasteiger partial charge is 0.372 e. The van der Waals surface area contributed by atoms with E-state index in [4.69, 9.17) is 0 Å². The molecule has 2 aromatic rings. The van der Waals surface area contributed by atoms with Crippen molar-refractivity contribution in [2.75, 3.05) is 0 Å². The number of aryl methyl sites for hydroxylation is 2. The van der Waals surface area contributed by atoms with Crippen molar-refractivity contribution < 1.29 is 9.90 Å². The summed E-state index contributed by atoms with van der Waals surface area (Å²) in [4.78, 5) is 30.2. The van der Waals surface area contributed by atoms with E-state index in [-0.39, 0.29) is 11.4 Å². The van der Waals surface area contributed by atoms with Crippen molar-refractivity contribution in [2.24, 2.45) is 0 Å². The fourth-order valence-electron chi connectivity index (χ4n) is 2.93. The standard InChI is InChI=1S/C15H18N2O3S/c1-2-3-8-17-12(15(19)20)16-13-11(14(17)18)9-6-4-5-7-10(9)21-13/h2-8H2,1H3,(H,19,20). The van der Waals surface area contributed by atoms with E-state index in [0.29, 0.717) is 16.8 Å². The third-order valence-electron chi connectivity index (χ3n) is 4.00. The highest BCUT2D eigenvalue weighted by molar-refractivity contribution is 7.18. The molecule has 21 heavy (non-hydrogen) atoms. The second-order valence-electron chi connectivity index (χ2n) is 5.44. The van der Waals surface area contributed by atoms with Crippen molar-refractivity contribution in [1.29, 1.82) is 0 Å². The summed E-state index contributed by atoms with van der Waals surface area (Å²) >= 11 is 1.49. The Hall–Kier alpha value is -1.69. The van der Waals surface area contributed by atoms with E-state index < -0.39 is 5.97 Å². The van der Waals surface area contributed by atoms with Crippen LogP contribution in [0.2, 0.25) is 0 Å². The minimum atomic E-state index is -1.13. The molecule has 1 aliphatic rings. The molecule has 0 spiro atoms. The zero-order chi connectivity index (χ0) is 15.0. The summed E-state index contributed by atoms with van der Waals surface area (Å²) in [6.45, 7) is 2.44. The first kappa shape index (κ1) is 14.3. The molecule has 2 aromatic heterocycles. The highest BCUT2D eigenvalue weighted by Gasteiger charge is 2.23. The Morgan fingerprint density at radius 1 is 1.38 bits per heavy atom. The number of nitrogens with zero attached hydrogens (tertiary/aromatic N) is 2. The summed E-state index contributed by atoms with van der Waals surface area (Å²) in [6, 6.07) is 0. The van der Waals surface area contributed by atoms with Gasteiger partial charge in [-0.3, -0.25) is 9.36 Å². The zero-order valence-electron chi connectivity index (χ0n) is 12.0. The van der Waals surface area contributed by atoms with Crippen LogP contribution in [0.3, 0.4) is 0 Å². The van der Waals surface area contributed by atoms with Gasteiger partial charge in [-0.1, -0.05) is 13.3 Å². The molecule has 1 N–H and O–H groups in total. The van der Waals surface area contributed by atoms with Crippen LogP contribution in [0.4, 0.5) is 0 Å². The Morgan fingerprint density at radius 3 is 2.86 bits per heavy atom. The number of carbonyl (C=O) groups is 1. The fraction of sp³-hybridized carbons (Fsp3) is 0.533. The third-order valence-corrected chi connectivity index (χ3v) is 5.19. The lowest BCUT2D eigenvalue weighted by molar-refractivity contribution is 0.0676. The van der Waals surface area contributed by atoms with Crippen molar-refractivity contribution in [1.82, 2.24) is 9.55 Å². The first-order valence-corrected chi connectivity index (χ1v) is 8.23. The number of unbranched alkanes of at least 4 members (excludes halogenated alkanes) is 1. The van der Waals surface area contributed by atoms with E-state index in [1.165, 1.54) is 20.8 Å². The second kappa shape index (κ2) is 5.60. The quantitative estimate of drug-likeness (QED) is 0.942. The zero-order valence-corrected chi connectivity index (χ0v) is 12.8. The average Bonchev–Trinajstić information content (AvgIpc) is 2.84. The second-order valence-corrected chi connectivity index (χ2v) is 6.53. The first-order chi connectivity index (χ1) is 10.1. The van der Waals surface area contributed by atoms with Crippen molar-refractivity contribution in [2.45, 2.75) is 52.0 Å². The van der Waals surface area contributed by atoms with E-state index >= 15 is 0 Å². The summed E-state index contributed by atoms with van der Waals surface area (Å²) in [7, 11) is 0. The van der Waals surface area contributed by atoms with Gasteiger partial charge in [-0.15, -0.1) is 11.3 Å². The molecular weight excluding hydrogens is 288 g/mol. The lowest BCUT2D eigenvalue weighted by Gasteiger charge is -2.11. The van der Waals surface area contributed by atoms with Gasteiger partial charge in [0, 0.05) is 11.4 Å². The van der Waals surface area contributed by atoms with Gasteiger partial charge < -0.3 is 5.11 Å². The predicted molar refractivity (Wildman–Crippen MR) is 82.4 cm³/mol. The van der Waals surface area contributed by atoms with Crippen LogP contribution in [0.25, 0.3) is 10.2 Å². The van der Waals surface area contributed by atoms with Gasteiger partial charge >= 0.3 is 5.97 Å². The van der Waals surface area contributed by atoms with Crippen molar-refractivity contribution in [3.05, 3.63) is 26.6 Å². The molecule has 0 saturated carbocycles. The minimum Gasteiger partial charge on any atom is -0.475 e. The normalized spacial score (nSPS) is 14.3. The average molecular weight is 306 g/mol. The Labute approximate surface area is 126 Å². The van der Waals surface area contributed by atoms with Gasteiger partial charge in [-0.2, -0.15) is 0 Å². The molecule has 2 heterocycles. The molecule has 0 radical (unpaired) electrons. The number of hydrogen-bond acceptors (Lipinski definition) is 4. The van der Waals surface area contributed by atoms with Crippen LogP contribution in [0, 0.1) is 0 Å². The van der Waals surface area contributed by atoms with Crippen molar-refractivity contribution >= 4 is 27.5 Å². The topological polar surface area (TPSA) is 72.2 Å². The molecule has 112 valence electrons. The number of fused-ring (bicyclic) bond motifs is 3. The van der Waals surface area contributed by atoms with Crippen LogP contribution in [-0.2, 0) is 19.4 Å². The van der Waals surface area contributed by atoms with E-state index in [2.05, 4.69) is 4.98 Å². The molecule has 0 amide bonds. The van der Waals surface area contributed by atoms with Crippen LogP contribution in [-0.4, -0.2) is 20.6 Å². The molecule has 0 bridgehead atoms. The lowest BCUT2D eigenvalue weighted by atomic mass is 9.97. The van der Waals surface area contributed by atoms with Gasteiger partial charge in [0.05, 0.1) is 5.39 Å². The van der Waals surface area contributed by atoms with Gasteiger partial charge in [0.1, 0.15) is 4.83 Å². The molecule has 5 nitrogen and oxygen atoms in total. The first-order valence-electron chi connectivity index (χ1n) is 7.41. The van der Waals surface area contributed by atoms with Gasteiger partial charge in [0.15, 0.2) is 0 Å². The molecule has 0 fully saturated rings. The molecule has 0 aliphatic heterocycles. The fourth-order valence-corrected chi connectivity index (χ4v) is 4.18. The number of thiophene rings is 1. The van der Waals surface area contributed by atoms with Crippen LogP contribution < -0.4 is 5.56 Å². The van der Waals surface area contributed by atoms with Crippen LogP contribution in [0.1, 0.15) is 53.7 Å². The molecule has 3 rings (SSSR count).